The number of likely N-dealkylation sites (N-methyl/N-ethyl adjacent to an activating group) is 1. The Bertz CT molecular complexity index is 414. The van der Waals surface area contributed by atoms with Gasteiger partial charge in [-0.3, -0.25) is 9.89 Å². The van der Waals surface area contributed by atoms with Gasteiger partial charge in [0.2, 0.25) is 0 Å². The molecule has 1 aliphatic carbocycles. The van der Waals surface area contributed by atoms with E-state index in [1.165, 1.54) is 58.4 Å². The topological polar surface area (TPSA) is 42.9 Å². The molecular weight excluding hydrogens is 437 g/mol. The molecule has 0 aromatic rings. The number of nitrogens with one attached hydrogen (secondary N) is 2. The van der Waals surface area contributed by atoms with Crippen LogP contribution in [-0.4, -0.2) is 74.7 Å². The molecule has 0 aromatic carbocycles. The molecule has 26 heavy (non-hydrogen) atoms. The second-order valence-electron chi connectivity index (χ2n) is 8.58. The second-order valence-corrected chi connectivity index (χ2v) is 8.58. The van der Waals surface area contributed by atoms with Crippen molar-refractivity contribution in [2.75, 3.05) is 52.9 Å². The van der Waals surface area contributed by atoms with Gasteiger partial charge in [0.1, 0.15) is 0 Å². The first-order valence-corrected chi connectivity index (χ1v) is 10.4. The molecule has 0 amide bonds. The third-order valence-corrected chi connectivity index (χ3v) is 6.15. The molecule has 2 aliphatic rings. The van der Waals surface area contributed by atoms with Gasteiger partial charge in [-0.15, -0.1) is 24.0 Å². The molecule has 1 aliphatic heterocycles. The lowest BCUT2D eigenvalue weighted by atomic mass is 9.64. The quantitative estimate of drug-likeness (QED) is 0.319. The number of aliphatic imine (C=N–C) groups is 1. The van der Waals surface area contributed by atoms with Crippen LogP contribution in [0.15, 0.2) is 4.99 Å². The first-order chi connectivity index (χ1) is 12.0. The minimum absolute atomic E-state index is 0. The van der Waals surface area contributed by atoms with Crippen LogP contribution in [-0.2, 0) is 0 Å². The highest BCUT2D eigenvalue weighted by Gasteiger charge is 2.37. The largest absolute Gasteiger partial charge is 0.356 e. The van der Waals surface area contributed by atoms with E-state index in [9.17, 15) is 0 Å². The molecule has 0 aromatic heterocycles. The number of hydrogen-bond donors (Lipinski definition) is 2. The Morgan fingerprint density at radius 2 is 1.73 bits per heavy atom. The van der Waals surface area contributed by atoms with E-state index in [1.807, 2.05) is 7.05 Å². The average molecular weight is 479 g/mol. The van der Waals surface area contributed by atoms with Crippen molar-refractivity contribution in [3.05, 3.63) is 0 Å². The Balaban J connectivity index is 0.00000338. The lowest BCUT2D eigenvalue weighted by Crippen LogP contribution is -2.53. The number of halogens is 1. The minimum atomic E-state index is 0. The lowest BCUT2D eigenvalue weighted by Gasteiger charge is -2.43. The van der Waals surface area contributed by atoms with Crippen molar-refractivity contribution in [2.24, 2.45) is 16.3 Å². The summed E-state index contributed by atoms with van der Waals surface area (Å²) in [5.74, 6) is 1.74. The molecule has 5 nitrogen and oxygen atoms in total. The Hall–Kier alpha value is -0.0800. The van der Waals surface area contributed by atoms with Gasteiger partial charge in [0.05, 0.1) is 0 Å². The van der Waals surface area contributed by atoms with Crippen molar-refractivity contribution < 1.29 is 0 Å². The average Bonchev–Trinajstić information content (AvgIpc) is 2.58. The van der Waals surface area contributed by atoms with E-state index in [2.05, 4.69) is 53.1 Å². The third-order valence-electron chi connectivity index (χ3n) is 6.15. The molecule has 1 atom stereocenters. The Morgan fingerprint density at radius 3 is 2.19 bits per heavy atom. The van der Waals surface area contributed by atoms with E-state index in [0.29, 0.717) is 11.5 Å². The molecule has 1 saturated carbocycles. The lowest BCUT2D eigenvalue weighted by molar-refractivity contribution is 0.103. The summed E-state index contributed by atoms with van der Waals surface area (Å²) in [7, 11) is 1.88. The summed E-state index contributed by atoms with van der Waals surface area (Å²) in [6.07, 6.45) is 5.46. The van der Waals surface area contributed by atoms with E-state index in [4.69, 9.17) is 0 Å². The summed E-state index contributed by atoms with van der Waals surface area (Å²) < 4.78 is 0. The van der Waals surface area contributed by atoms with E-state index < -0.39 is 0 Å². The van der Waals surface area contributed by atoms with Gasteiger partial charge < -0.3 is 15.5 Å². The van der Waals surface area contributed by atoms with Crippen LogP contribution < -0.4 is 10.6 Å². The molecule has 154 valence electrons. The van der Waals surface area contributed by atoms with E-state index >= 15 is 0 Å². The number of rotatable bonds is 8. The van der Waals surface area contributed by atoms with Crippen LogP contribution in [0.1, 0.15) is 53.4 Å². The minimum Gasteiger partial charge on any atom is -0.356 e. The van der Waals surface area contributed by atoms with Crippen LogP contribution in [0, 0.1) is 11.3 Å². The fourth-order valence-electron chi connectivity index (χ4n) is 4.38. The summed E-state index contributed by atoms with van der Waals surface area (Å²) in [6.45, 7) is 17.2. The zero-order valence-electron chi connectivity index (χ0n) is 17.7. The van der Waals surface area contributed by atoms with Crippen molar-refractivity contribution in [3.8, 4) is 0 Å². The summed E-state index contributed by atoms with van der Waals surface area (Å²) in [4.78, 5) is 9.57. The number of nitrogens with zero attached hydrogens (tertiary/aromatic N) is 3. The summed E-state index contributed by atoms with van der Waals surface area (Å²) in [5, 5.41) is 7.15. The highest BCUT2D eigenvalue weighted by atomic mass is 127. The van der Waals surface area contributed by atoms with Crippen LogP contribution in [0.4, 0.5) is 0 Å². The number of hydrogen-bond acceptors (Lipinski definition) is 3. The Kier molecular flexibility index (Phi) is 10.8. The molecule has 0 spiro atoms. The van der Waals surface area contributed by atoms with E-state index in [-0.39, 0.29) is 24.0 Å². The predicted octanol–water partition coefficient (Wildman–Crippen LogP) is 3.01. The van der Waals surface area contributed by atoms with Crippen LogP contribution >= 0.6 is 24.0 Å². The van der Waals surface area contributed by atoms with E-state index in [0.717, 1.165) is 25.0 Å². The SMILES string of the molecule is CCN1CCN(C(C)CNC(=NC)NCC2(CC(C)C)CCC2)CC1.I. The van der Waals surface area contributed by atoms with Crippen molar-refractivity contribution in [1.82, 2.24) is 20.4 Å². The Labute approximate surface area is 178 Å². The van der Waals surface area contributed by atoms with Crippen LogP contribution in [0.25, 0.3) is 0 Å². The van der Waals surface area contributed by atoms with Crippen molar-refractivity contribution in [3.63, 3.8) is 0 Å². The summed E-state index contributed by atoms with van der Waals surface area (Å²) in [6, 6.07) is 0.547. The zero-order chi connectivity index (χ0) is 18.3. The molecule has 1 unspecified atom stereocenters. The fourth-order valence-corrected chi connectivity index (χ4v) is 4.38. The number of guanidine groups is 1. The van der Waals surface area contributed by atoms with Gasteiger partial charge in [0.25, 0.3) is 0 Å². The van der Waals surface area contributed by atoms with E-state index in [1.54, 1.807) is 0 Å². The maximum Gasteiger partial charge on any atom is 0.191 e. The van der Waals surface area contributed by atoms with Gasteiger partial charge in [-0.1, -0.05) is 27.2 Å². The zero-order valence-corrected chi connectivity index (χ0v) is 20.0. The van der Waals surface area contributed by atoms with Crippen LogP contribution in [0.3, 0.4) is 0 Å². The van der Waals surface area contributed by atoms with Crippen LogP contribution in [0.5, 0.6) is 0 Å². The molecule has 2 fully saturated rings. The molecular formula is C20H42IN5. The predicted molar refractivity (Wildman–Crippen MR) is 124 cm³/mol. The molecule has 2 N–H and O–H groups in total. The van der Waals surface area contributed by atoms with Gasteiger partial charge in [-0.05, 0) is 44.1 Å². The van der Waals surface area contributed by atoms with Crippen molar-refractivity contribution in [2.45, 2.75) is 59.4 Å². The van der Waals surface area contributed by atoms with Gasteiger partial charge in [-0.2, -0.15) is 0 Å². The smallest absolute Gasteiger partial charge is 0.191 e. The second kappa shape index (κ2) is 11.7. The number of piperazine rings is 1. The molecule has 2 rings (SSSR count). The molecule has 6 heteroatoms. The highest BCUT2D eigenvalue weighted by molar-refractivity contribution is 14.0. The van der Waals surface area contributed by atoms with Crippen molar-refractivity contribution in [1.29, 1.82) is 0 Å². The molecule has 0 bridgehead atoms. The molecule has 1 saturated heterocycles. The third kappa shape index (κ3) is 7.15. The molecule has 0 radical (unpaired) electrons. The normalized spacial score (nSPS) is 22.5. The van der Waals surface area contributed by atoms with Crippen molar-refractivity contribution >= 4 is 29.9 Å². The van der Waals surface area contributed by atoms with Gasteiger partial charge in [0, 0.05) is 52.4 Å². The van der Waals surface area contributed by atoms with Gasteiger partial charge in [0.15, 0.2) is 5.96 Å². The van der Waals surface area contributed by atoms with Gasteiger partial charge >= 0.3 is 0 Å². The monoisotopic (exact) mass is 479 g/mol. The van der Waals surface area contributed by atoms with Crippen LogP contribution in [0.2, 0.25) is 0 Å². The fraction of sp³-hybridized carbons (Fsp3) is 0.950. The molecule has 1 heterocycles. The maximum atomic E-state index is 4.44. The highest BCUT2D eigenvalue weighted by Crippen LogP contribution is 2.45. The first kappa shape index (κ1) is 24.0. The van der Waals surface area contributed by atoms with Gasteiger partial charge in [-0.25, -0.2) is 0 Å². The summed E-state index contributed by atoms with van der Waals surface area (Å²) >= 11 is 0. The Morgan fingerprint density at radius 1 is 1.08 bits per heavy atom. The first-order valence-electron chi connectivity index (χ1n) is 10.4. The standard InChI is InChI=1S/C20H41N5.HI/c1-6-24-10-12-25(13-11-24)18(4)15-22-19(21-5)23-16-20(8-7-9-20)14-17(2)3;/h17-18H,6-16H2,1-5H3,(H2,21,22,23);1H. The summed E-state index contributed by atoms with van der Waals surface area (Å²) in [5.41, 5.74) is 0.508. The maximum absolute atomic E-state index is 4.44.